The number of rotatable bonds is 6. The van der Waals surface area contributed by atoms with Crippen LogP contribution in [0.5, 0.6) is 5.88 Å². The summed E-state index contributed by atoms with van der Waals surface area (Å²) in [6, 6.07) is 3.45. The Kier molecular flexibility index (Phi) is 5.71. The molecule has 5 heteroatoms. The Morgan fingerprint density at radius 3 is 3.15 bits per heavy atom. The summed E-state index contributed by atoms with van der Waals surface area (Å²) in [5, 5.41) is 2.92. The first-order valence-electron chi connectivity index (χ1n) is 7.14. The third-order valence-corrected chi connectivity index (χ3v) is 4.31. The molecule has 1 aliphatic heterocycles. The number of nitrogens with one attached hydrogen (secondary N) is 1. The maximum absolute atomic E-state index is 12.0. The van der Waals surface area contributed by atoms with E-state index in [1.165, 1.54) is 0 Å². The molecule has 1 saturated heterocycles. The monoisotopic (exact) mass is 294 g/mol. The predicted molar refractivity (Wildman–Crippen MR) is 82.4 cm³/mol. The van der Waals surface area contributed by atoms with Crippen molar-refractivity contribution in [1.82, 2.24) is 10.3 Å². The molecule has 0 bridgehead atoms. The zero-order chi connectivity index (χ0) is 14.4. The van der Waals surface area contributed by atoms with Crippen LogP contribution >= 0.6 is 11.8 Å². The molecule has 1 atom stereocenters. The van der Waals surface area contributed by atoms with Crippen molar-refractivity contribution in [1.29, 1.82) is 0 Å². The summed E-state index contributed by atoms with van der Waals surface area (Å²) in [5.74, 6) is 3.23. The molecule has 1 fully saturated rings. The molecule has 0 aliphatic carbocycles. The van der Waals surface area contributed by atoms with Crippen LogP contribution in [-0.4, -0.2) is 35.0 Å². The van der Waals surface area contributed by atoms with Crippen LogP contribution in [-0.2, 0) is 0 Å². The van der Waals surface area contributed by atoms with E-state index in [1.807, 2.05) is 11.8 Å². The molecule has 110 valence electrons. The average molecular weight is 294 g/mol. The third-order valence-electron chi connectivity index (χ3n) is 3.18. The van der Waals surface area contributed by atoms with Crippen molar-refractivity contribution in [3.63, 3.8) is 0 Å². The van der Waals surface area contributed by atoms with Crippen LogP contribution in [0.4, 0.5) is 0 Å². The highest BCUT2D eigenvalue weighted by molar-refractivity contribution is 7.99. The molecule has 4 nitrogen and oxygen atoms in total. The first-order valence-corrected chi connectivity index (χ1v) is 8.29. The highest BCUT2D eigenvalue weighted by Gasteiger charge is 2.18. The summed E-state index contributed by atoms with van der Waals surface area (Å²) < 4.78 is 5.80. The van der Waals surface area contributed by atoms with Crippen molar-refractivity contribution in [3.05, 3.63) is 23.9 Å². The quantitative estimate of drug-likeness (QED) is 0.876. The van der Waals surface area contributed by atoms with E-state index in [-0.39, 0.29) is 12.0 Å². The molecule has 20 heavy (non-hydrogen) atoms. The maximum atomic E-state index is 12.0. The van der Waals surface area contributed by atoms with Gasteiger partial charge in [-0.15, -0.1) is 0 Å². The Balaban J connectivity index is 1.89. The van der Waals surface area contributed by atoms with E-state index < -0.39 is 0 Å². The zero-order valence-corrected chi connectivity index (χ0v) is 12.9. The van der Waals surface area contributed by atoms with Gasteiger partial charge in [0.1, 0.15) is 6.10 Å². The second kappa shape index (κ2) is 7.53. The summed E-state index contributed by atoms with van der Waals surface area (Å²) in [5.41, 5.74) is 0.615. The van der Waals surface area contributed by atoms with Gasteiger partial charge in [0.25, 0.3) is 5.91 Å². The lowest BCUT2D eigenvalue weighted by Gasteiger charge is -2.12. The van der Waals surface area contributed by atoms with E-state index in [0.29, 0.717) is 23.9 Å². The molecular weight excluding hydrogens is 272 g/mol. The van der Waals surface area contributed by atoms with Crippen LogP contribution in [0.2, 0.25) is 0 Å². The van der Waals surface area contributed by atoms with E-state index in [9.17, 15) is 4.79 Å². The van der Waals surface area contributed by atoms with Gasteiger partial charge < -0.3 is 10.1 Å². The van der Waals surface area contributed by atoms with Gasteiger partial charge in [-0.2, -0.15) is 11.8 Å². The second-order valence-corrected chi connectivity index (χ2v) is 6.57. The number of carbonyl (C=O) groups is 1. The number of hydrogen-bond acceptors (Lipinski definition) is 4. The second-order valence-electron chi connectivity index (χ2n) is 5.42. The Hall–Kier alpha value is -1.23. The van der Waals surface area contributed by atoms with E-state index in [0.717, 1.165) is 24.3 Å². The summed E-state index contributed by atoms with van der Waals surface area (Å²) in [4.78, 5) is 16.2. The van der Waals surface area contributed by atoms with Gasteiger partial charge in [-0.3, -0.25) is 4.79 Å². The number of nitrogens with zero attached hydrogens (tertiary/aromatic N) is 1. The highest BCUT2D eigenvalue weighted by atomic mass is 32.2. The number of hydrogen-bond donors (Lipinski definition) is 1. The molecular formula is C15H22N2O2S. The Bertz CT molecular complexity index is 445. The molecule has 0 spiro atoms. The number of pyridine rings is 1. The number of thioether (sulfide) groups is 1. The largest absolute Gasteiger partial charge is 0.473 e. The fraction of sp³-hybridized carbons (Fsp3) is 0.600. The lowest BCUT2D eigenvalue weighted by molar-refractivity contribution is 0.0951. The van der Waals surface area contributed by atoms with Crippen LogP contribution in [0.3, 0.4) is 0 Å². The molecule has 2 rings (SSSR count). The molecule has 1 aromatic heterocycles. The minimum atomic E-state index is -0.0568. The fourth-order valence-corrected chi connectivity index (χ4v) is 3.06. The van der Waals surface area contributed by atoms with Crippen LogP contribution in [0.15, 0.2) is 18.3 Å². The molecule has 0 aromatic carbocycles. The molecule has 1 N–H and O–H groups in total. The maximum Gasteiger partial charge on any atom is 0.251 e. The van der Waals surface area contributed by atoms with Gasteiger partial charge in [0.2, 0.25) is 5.88 Å². The van der Waals surface area contributed by atoms with Crippen LogP contribution in [0, 0.1) is 5.92 Å². The first-order chi connectivity index (χ1) is 9.65. The molecule has 1 aromatic rings. The summed E-state index contributed by atoms with van der Waals surface area (Å²) in [7, 11) is 0. The van der Waals surface area contributed by atoms with Gasteiger partial charge in [-0.05, 0) is 30.6 Å². The topological polar surface area (TPSA) is 51.2 Å². The van der Waals surface area contributed by atoms with E-state index in [1.54, 1.807) is 18.3 Å². The van der Waals surface area contributed by atoms with Crippen molar-refractivity contribution in [2.24, 2.45) is 5.92 Å². The minimum Gasteiger partial charge on any atom is -0.473 e. The van der Waals surface area contributed by atoms with Gasteiger partial charge in [-0.25, -0.2) is 4.98 Å². The van der Waals surface area contributed by atoms with Crippen molar-refractivity contribution in [2.75, 3.05) is 18.1 Å². The number of carbonyl (C=O) groups excluding carboxylic acids is 1. The van der Waals surface area contributed by atoms with Crippen molar-refractivity contribution >= 4 is 17.7 Å². The van der Waals surface area contributed by atoms with Crippen LogP contribution in [0.25, 0.3) is 0 Å². The van der Waals surface area contributed by atoms with Gasteiger partial charge in [0.15, 0.2) is 0 Å². The molecule has 2 heterocycles. The average Bonchev–Trinajstić information content (AvgIpc) is 2.91. The van der Waals surface area contributed by atoms with E-state index in [2.05, 4.69) is 24.1 Å². The fourth-order valence-electron chi connectivity index (χ4n) is 1.97. The molecule has 1 aliphatic rings. The summed E-state index contributed by atoms with van der Waals surface area (Å²) in [6.45, 7) is 4.99. The molecule has 1 amide bonds. The van der Waals surface area contributed by atoms with Crippen molar-refractivity contribution < 1.29 is 9.53 Å². The van der Waals surface area contributed by atoms with Gasteiger partial charge in [0, 0.05) is 30.1 Å². The summed E-state index contributed by atoms with van der Waals surface area (Å²) in [6.07, 6.45) is 3.90. The Morgan fingerprint density at radius 1 is 1.60 bits per heavy atom. The van der Waals surface area contributed by atoms with Gasteiger partial charge in [0.05, 0.1) is 0 Å². The smallest absolute Gasteiger partial charge is 0.251 e. The van der Waals surface area contributed by atoms with Gasteiger partial charge >= 0.3 is 0 Å². The zero-order valence-electron chi connectivity index (χ0n) is 12.1. The summed E-state index contributed by atoms with van der Waals surface area (Å²) >= 11 is 1.89. The van der Waals surface area contributed by atoms with Crippen molar-refractivity contribution in [2.45, 2.75) is 32.8 Å². The lowest BCUT2D eigenvalue weighted by Crippen LogP contribution is -2.25. The lowest BCUT2D eigenvalue weighted by atomic mass is 10.1. The number of ether oxygens (including phenoxy) is 1. The van der Waals surface area contributed by atoms with Crippen LogP contribution < -0.4 is 10.1 Å². The van der Waals surface area contributed by atoms with E-state index in [4.69, 9.17) is 4.74 Å². The van der Waals surface area contributed by atoms with E-state index >= 15 is 0 Å². The molecule has 0 radical (unpaired) electrons. The standard InChI is InChI=1S/C15H22N2O2S/c1-11(2)3-6-17-15(18)12-4-7-16-14(9-12)19-13-5-8-20-10-13/h4,7,9,11,13H,3,5-6,8,10H2,1-2H3,(H,17,18). The number of amides is 1. The molecule has 1 unspecified atom stereocenters. The third kappa shape index (κ3) is 4.71. The Labute approximate surface area is 124 Å². The SMILES string of the molecule is CC(C)CCNC(=O)c1ccnc(OC2CCSC2)c1. The minimum absolute atomic E-state index is 0.0568. The van der Waals surface area contributed by atoms with Crippen molar-refractivity contribution in [3.8, 4) is 5.88 Å². The van der Waals surface area contributed by atoms with Crippen LogP contribution in [0.1, 0.15) is 37.0 Å². The molecule has 0 saturated carbocycles. The number of aromatic nitrogens is 1. The first kappa shape index (κ1) is 15.2. The Morgan fingerprint density at radius 2 is 2.45 bits per heavy atom. The normalized spacial score (nSPS) is 18.2. The predicted octanol–water partition coefficient (Wildman–Crippen LogP) is 2.74. The highest BCUT2D eigenvalue weighted by Crippen LogP contribution is 2.22. The van der Waals surface area contributed by atoms with Gasteiger partial charge in [-0.1, -0.05) is 13.8 Å².